The van der Waals surface area contributed by atoms with E-state index in [0.29, 0.717) is 19.0 Å². The molecule has 0 atom stereocenters. The standard InChI is InChI=1S/C21H25NO3/c23-21(17-9-3-1-4-10-17)22-19-13-7-8-14-20(19)25-16-15-24-18-11-5-2-6-12-18/h2,5-8,11-14,17H,1,3-4,9-10,15-16H2,(H,22,23). The van der Waals surface area contributed by atoms with Crippen LogP contribution >= 0.6 is 0 Å². The predicted octanol–water partition coefficient (Wildman–Crippen LogP) is 4.66. The van der Waals surface area contributed by atoms with Crippen molar-refractivity contribution >= 4 is 11.6 Å². The van der Waals surface area contributed by atoms with Crippen molar-refractivity contribution in [2.75, 3.05) is 18.5 Å². The number of hydrogen-bond donors (Lipinski definition) is 1. The van der Waals surface area contributed by atoms with Gasteiger partial charge in [0.1, 0.15) is 24.7 Å². The zero-order valence-electron chi connectivity index (χ0n) is 14.4. The number of carbonyl (C=O) groups is 1. The first-order valence-corrected chi connectivity index (χ1v) is 9.03. The van der Waals surface area contributed by atoms with Crippen molar-refractivity contribution in [3.05, 3.63) is 54.6 Å². The Morgan fingerprint density at radius 1 is 0.880 bits per heavy atom. The number of nitrogens with one attached hydrogen (secondary N) is 1. The van der Waals surface area contributed by atoms with Crippen molar-refractivity contribution in [2.24, 2.45) is 5.92 Å². The molecule has 4 heteroatoms. The van der Waals surface area contributed by atoms with Crippen LogP contribution in [0.5, 0.6) is 11.5 Å². The number of amides is 1. The van der Waals surface area contributed by atoms with E-state index in [4.69, 9.17) is 9.47 Å². The molecule has 4 nitrogen and oxygen atoms in total. The van der Waals surface area contributed by atoms with Crippen LogP contribution in [0.1, 0.15) is 32.1 Å². The van der Waals surface area contributed by atoms with E-state index in [1.54, 1.807) is 0 Å². The van der Waals surface area contributed by atoms with Crippen molar-refractivity contribution in [1.29, 1.82) is 0 Å². The molecule has 25 heavy (non-hydrogen) atoms. The van der Waals surface area contributed by atoms with E-state index in [0.717, 1.165) is 37.1 Å². The van der Waals surface area contributed by atoms with Crippen LogP contribution in [-0.4, -0.2) is 19.1 Å². The topological polar surface area (TPSA) is 47.6 Å². The summed E-state index contributed by atoms with van der Waals surface area (Å²) in [7, 11) is 0. The molecule has 0 radical (unpaired) electrons. The zero-order valence-corrected chi connectivity index (χ0v) is 14.4. The van der Waals surface area contributed by atoms with E-state index in [9.17, 15) is 4.79 Å². The second-order valence-corrected chi connectivity index (χ2v) is 6.33. The molecule has 0 unspecified atom stereocenters. The molecule has 0 aromatic heterocycles. The Balaban J connectivity index is 1.50. The average Bonchev–Trinajstić information content (AvgIpc) is 2.68. The van der Waals surface area contributed by atoms with E-state index >= 15 is 0 Å². The maximum atomic E-state index is 12.4. The highest BCUT2D eigenvalue weighted by Crippen LogP contribution is 2.28. The van der Waals surface area contributed by atoms with E-state index in [2.05, 4.69) is 5.32 Å². The van der Waals surface area contributed by atoms with Gasteiger partial charge < -0.3 is 14.8 Å². The second-order valence-electron chi connectivity index (χ2n) is 6.33. The van der Waals surface area contributed by atoms with Crippen LogP contribution in [0.3, 0.4) is 0 Å². The van der Waals surface area contributed by atoms with Gasteiger partial charge in [-0.1, -0.05) is 49.6 Å². The van der Waals surface area contributed by atoms with Gasteiger partial charge in [-0.3, -0.25) is 4.79 Å². The highest BCUT2D eigenvalue weighted by atomic mass is 16.5. The van der Waals surface area contributed by atoms with Crippen LogP contribution in [0, 0.1) is 5.92 Å². The number of anilines is 1. The summed E-state index contributed by atoms with van der Waals surface area (Å²) in [5.74, 6) is 1.74. The van der Waals surface area contributed by atoms with Gasteiger partial charge in [-0.2, -0.15) is 0 Å². The molecule has 1 aliphatic carbocycles. The number of rotatable bonds is 7. The van der Waals surface area contributed by atoms with Crippen LogP contribution in [-0.2, 0) is 4.79 Å². The Morgan fingerprint density at radius 2 is 1.56 bits per heavy atom. The SMILES string of the molecule is O=C(Nc1ccccc1OCCOc1ccccc1)C1CCCCC1. The van der Waals surface area contributed by atoms with E-state index in [-0.39, 0.29) is 11.8 Å². The van der Waals surface area contributed by atoms with Gasteiger partial charge in [0.15, 0.2) is 0 Å². The number of benzene rings is 2. The zero-order chi connectivity index (χ0) is 17.3. The Bertz CT molecular complexity index is 666. The minimum absolute atomic E-state index is 0.108. The van der Waals surface area contributed by atoms with Gasteiger partial charge in [0, 0.05) is 5.92 Å². The van der Waals surface area contributed by atoms with Crippen LogP contribution in [0.4, 0.5) is 5.69 Å². The second kappa shape index (κ2) is 9.11. The molecule has 1 N–H and O–H groups in total. The van der Waals surface area contributed by atoms with Gasteiger partial charge >= 0.3 is 0 Å². The van der Waals surface area contributed by atoms with Gasteiger partial charge in [0.25, 0.3) is 0 Å². The summed E-state index contributed by atoms with van der Waals surface area (Å²) < 4.78 is 11.4. The summed E-state index contributed by atoms with van der Waals surface area (Å²) in [5.41, 5.74) is 0.734. The van der Waals surface area contributed by atoms with E-state index in [1.807, 2.05) is 54.6 Å². The third kappa shape index (κ3) is 5.24. The first-order valence-electron chi connectivity index (χ1n) is 9.03. The Hall–Kier alpha value is -2.49. The summed E-state index contributed by atoms with van der Waals surface area (Å²) in [5, 5.41) is 3.03. The maximum Gasteiger partial charge on any atom is 0.227 e. The van der Waals surface area contributed by atoms with E-state index in [1.165, 1.54) is 6.42 Å². The monoisotopic (exact) mass is 339 g/mol. The van der Waals surface area contributed by atoms with Crippen LogP contribution in [0.15, 0.2) is 54.6 Å². The fourth-order valence-corrected chi connectivity index (χ4v) is 3.12. The molecule has 132 valence electrons. The van der Waals surface area contributed by atoms with Crippen molar-refractivity contribution in [3.8, 4) is 11.5 Å². The number of ether oxygens (including phenoxy) is 2. The maximum absolute atomic E-state index is 12.4. The molecule has 1 fully saturated rings. The highest BCUT2D eigenvalue weighted by molar-refractivity contribution is 5.93. The summed E-state index contributed by atoms with van der Waals surface area (Å²) in [6.45, 7) is 0.875. The largest absolute Gasteiger partial charge is 0.490 e. The van der Waals surface area contributed by atoms with E-state index < -0.39 is 0 Å². The lowest BCUT2D eigenvalue weighted by atomic mass is 9.88. The number of para-hydroxylation sites is 3. The lowest BCUT2D eigenvalue weighted by Gasteiger charge is -2.21. The van der Waals surface area contributed by atoms with Crippen molar-refractivity contribution in [3.63, 3.8) is 0 Å². The summed E-state index contributed by atoms with van der Waals surface area (Å²) >= 11 is 0. The first-order chi connectivity index (χ1) is 12.3. The molecular weight excluding hydrogens is 314 g/mol. The third-order valence-electron chi connectivity index (χ3n) is 4.47. The van der Waals surface area contributed by atoms with Crippen LogP contribution < -0.4 is 14.8 Å². The predicted molar refractivity (Wildman–Crippen MR) is 99.1 cm³/mol. The fourth-order valence-electron chi connectivity index (χ4n) is 3.12. The minimum atomic E-state index is 0.108. The summed E-state index contributed by atoms with van der Waals surface area (Å²) in [6.07, 6.45) is 5.50. The Labute approximate surface area is 149 Å². The minimum Gasteiger partial charge on any atom is -0.490 e. The molecule has 2 aromatic carbocycles. The Morgan fingerprint density at radius 3 is 2.36 bits per heavy atom. The molecule has 0 bridgehead atoms. The molecule has 0 spiro atoms. The highest BCUT2D eigenvalue weighted by Gasteiger charge is 2.21. The van der Waals surface area contributed by atoms with Gasteiger partial charge in [-0.15, -0.1) is 0 Å². The molecule has 2 aromatic rings. The van der Waals surface area contributed by atoms with Crippen LogP contribution in [0.2, 0.25) is 0 Å². The average molecular weight is 339 g/mol. The summed E-state index contributed by atoms with van der Waals surface area (Å²) in [4.78, 5) is 12.4. The molecular formula is C21H25NO3. The molecule has 1 saturated carbocycles. The lowest BCUT2D eigenvalue weighted by Crippen LogP contribution is -2.25. The quantitative estimate of drug-likeness (QED) is 0.746. The molecule has 3 rings (SSSR count). The number of carbonyl (C=O) groups excluding carboxylic acids is 1. The smallest absolute Gasteiger partial charge is 0.227 e. The third-order valence-corrected chi connectivity index (χ3v) is 4.47. The normalized spacial score (nSPS) is 14.7. The fraction of sp³-hybridized carbons (Fsp3) is 0.381. The Kier molecular flexibility index (Phi) is 6.32. The van der Waals surface area contributed by atoms with Gasteiger partial charge in [-0.05, 0) is 37.1 Å². The first kappa shape index (κ1) is 17.3. The van der Waals surface area contributed by atoms with Crippen LogP contribution in [0.25, 0.3) is 0 Å². The molecule has 0 saturated heterocycles. The molecule has 1 aliphatic rings. The summed E-state index contributed by atoms with van der Waals surface area (Å²) in [6, 6.07) is 17.2. The lowest BCUT2D eigenvalue weighted by molar-refractivity contribution is -0.120. The molecule has 1 amide bonds. The van der Waals surface area contributed by atoms with Crippen molar-refractivity contribution < 1.29 is 14.3 Å². The van der Waals surface area contributed by atoms with Crippen molar-refractivity contribution in [2.45, 2.75) is 32.1 Å². The molecule has 0 aliphatic heterocycles. The van der Waals surface area contributed by atoms with Gasteiger partial charge in [0.05, 0.1) is 5.69 Å². The van der Waals surface area contributed by atoms with Gasteiger partial charge in [0.2, 0.25) is 5.91 Å². The van der Waals surface area contributed by atoms with Crippen molar-refractivity contribution in [1.82, 2.24) is 0 Å². The number of hydrogen-bond acceptors (Lipinski definition) is 3. The van der Waals surface area contributed by atoms with Gasteiger partial charge in [-0.25, -0.2) is 0 Å². The molecule has 0 heterocycles.